The van der Waals surface area contributed by atoms with Crippen molar-refractivity contribution >= 4 is 28.8 Å². The molecule has 0 saturated heterocycles. The molecule has 0 unspecified atom stereocenters. The van der Waals surface area contributed by atoms with Crippen molar-refractivity contribution in [3.8, 4) is 22.8 Å². The number of halogens is 1. The van der Waals surface area contributed by atoms with E-state index in [9.17, 15) is 0 Å². The van der Waals surface area contributed by atoms with E-state index in [2.05, 4.69) is 22.7 Å². The van der Waals surface area contributed by atoms with Gasteiger partial charge in [-0.3, -0.25) is 4.40 Å². The van der Waals surface area contributed by atoms with Crippen LogP contribution in [0.1, 0.15) is 5.69 Å². The Kier molecular flexibility index (Phi) is 4.84. The van der Waals surface area contributed by atoms with Crippen molar-refractivity contribution in [2.75, 3.05) is 19.5 Å². The van der Waals surface area contributed by atoms with E-state index >= 15 is 0 Å². The summed E-state index contributed by atoms with van der Waals surface area (Å²) in [5.41, 5.74) is 4.55. The molecule has 4 rings (SSSR count). The molecule has 28 heavy (non-hydrogen) atoms. The van der Waals surface area contributed by atoms with Crippen LogP contribution in [0.4, 0.5) is 11.5 Å². The number of methoxy groups -OCH3 is 2. The average Bonchev–Trinajstić information content (AvgIpc) is 3.07. The molecule has 0 aliphatic carbocycles. The normalized spacial score (nSPS) is 10.9. The van der Waals surface area contributed by atoms with Gasteiger partial charge < -0.3 is 14.8 Å². The zero-order valence-corrected chi connectivity index (χ0v) is 16.6. The van der Waals surface area contributed by atoms with Gasteiger partial charge >= 0.3 is 0 Å². The third-order valence-corrected chi connectivity index (χ3v) is 4.82. The van der Waals surface area contributed by atoms with Gasteiger partial charge in [0.05, 0.1) is 14.2 Å². The lowest BCUT2D eigenvalue weighted by molar-refractivity contribution is 0.355. The van der Waals surface area contributed by atoms with Crippen molar-refractivity contribution in [3.05, 3.63) is 71.4 Å². The van der Waals surface area contributed by atoms with Gasteiger partial charge in [-0.15, -0.1) is 0 Å². The average molecular weight is 394 g/mol. The van der Waals surface area contributed by atoms with Gasteiger partial charge in [-0.1, -0.05) is 23.7 Å². The molecular weight excluding hydrogens is 374 g/mol. The first kappa shape index (κ1) is 18.2. The van der Waals surface area contributed by atoms with Gasteiger partial charge in [-0.2, -0.15) is 0 Å². The van der Waals surface area contributed by atoms with E-state index in [1.165, 1.54) is 0 Å². The monoisotopic (exact) mass is 393 g/mol. The Morgan fingerprint density at radius 2 is 1.71 bits per heavy atom. The summed E-state index contributed by atoms with van der Waals surface area (Å²) in [5.74, 6) is 2.20. The third kappa shape index (κ3) is 3.25. The second-order valence-corrected chi connectivity index (χ2v) is 6.81. The number of aromatic nitrogens is 2. The second-order valence-electron chi connectivity index (χ2n) is 6.37. The number of nitrogens with zero attached hydrogens (tertiary/aromatic N) is 2. The minimum atomic E-state index is 0.655. The number of aryl methyl sites for hydroxylation is 1. The molecule has 0 saturated carbocycles. The quantitative estimate of drug-likeness (QED) is 0.470. The number of anilines is 2. The summed E-state index contributed by atoms with van der Waals surface area (Å²) in [6.45, 7) is 2.05. The van der Waals surface area contributed by atoms with E-state index in [-0.39, 0.29) is 0 Å². The predicted octanol–water partition coefficient (Wildman–Crippen LogP) is 5.72. The fourth-order valence-electron chi connectivity index (χ4n) is 3.26. The molecule has 2 aromatic heterocycles. The molecule has 0 bridgehead atoms. The van der Waals surface area contributed by atoms with Gasteiger partial charge in [0.25, 0.3) is 0 Å². The summed E-state index contributed by atoms with van der Waals surface area (Å²) < 4.78 is 12.9. The molecule has 0 atom stereocenters. The number of imidazole rings is 1. The van der Waals surface area contributed by atoms with E-state index in [4.69, 9.17) is 26.1 Å². The van der Waals surface area contributed by atoms with Crippen molar-refractivity contribution < 1.29 is 9.47 Å². The lowest BCUT2D eigenvalue weighted by atomic mass is 10.1. The van der Waals surface area contributed by atoms with Crippen LogP contribution in [0.2, 0.25) is 5.02 Å². The van der Waals surface area contributed by atoms with Crippen LogP contribution in [0.3, 0.4) is 0 Å². The number of fused-ring (bicyclic) bond motifs is 1. The van der Waals surface area contributed by atoms with Crippen LogP contribution in [-0.2, 0) is 0 Å². The molecule has 2 heterocycles. The van der Waals surface area contributed by atoms with E-state index in [1.807, 2.05) is 54.6 Å². The maximum absolute atomic E-state index is 6.17. The Bertz CT molecular complexity index is 1150. The summed E-state index contributed by atoms with van der Waals surface area (Å²) in [6.07, 6.45) is 0. The van der Waals surface area contributed by atoms with Gasteiger partial charge in [0.1, 0.15) is 17.2 Å². The highest BCUT2D eigenvalue weighted by Crippen LogP contribution is 2.37. The standard InChI is InChI=1S/C22H20ClN3O2/c1-14-6-4-9-20-25-21(15-10-11-18(27-2)19(12-15)28-3)22(26(14)20)24-17-8-5-7-16(23)13-17/h4-13,24H,1-3H3. The van der Waals surface area contributed by atoms with E-state index < -0.39 is 0 Å². The maximum Gasteiger partial charge on any atom is 0.161 e. The summed E-state index contributed by atoms with van der Waals surface area (Å²) in [4.78, 5) is 4.86. The number of rotatable bonds is 5. The Hall–Kier alpha value is -3.18. The smallest absolute Gasteiger partial charge is 0.161 e. The highest BCUT2D eigenvalue weighted by molar-refractivity contribution is 6.30. The molecule has 0 aliphatic rings. The van der Waals surface area contributed by atoms with Gasteiger partial charge in [-0.05, 0) is 55.5 Å². The van der Waals surface area contributed by atoms with Crippen molar-refractivity contribution in [1.29, 1.82) is 0 Å². The van der Waals surface area contributed by atoms with Crippen molar-refractivity contribution in [3.63, 3.8) is 0 Å². The number of hydrogen-bond acceptors (Lipinski definition) is 4. The minimum absolute atomic E-state index is 0.655. The van der Waals surface area contributed by atoms with Gasteiger partial charge in [-0.25, -0.2) is 4.98 Å². The van der Waals surface area contributed by atoms with Crippen molar-refractivity contribution in [2.24, 2.45) is 0 Å². The predicted molar refractivity (Wildman–Crippen MR) is 113 cm³/mol. The highest BCUT2D eigenvalue weighted by atomic mass is 35.5. The van der Waals surface area contributed by atoms with E-state index in [0.29, 0.717) is 16.5 Å². The SMILES string of the molecule is COc1ccc(-c2nc3cccc(C)n3c2Nc2cccc(Cl)c2)cc1OC. The van der Waals surface area contributed by atoms with Crippen LogP contribution >= 0.6 is 11.6 Å². The van der Waals surface area contributed by atoms with Gasteiger partial charge in [0, 0.05) is 22.0 Å². The summed E-state index contributed by atoms with van der Waals surface area (Å²) in [6, 6.07) is 19.4. The molecular formula is C22H20ClN3O2. The van der Waals surface area contributed by atoms with Crippen LogP contribution in [-0.4, -0.2) is 23.6 Å². The Morgan fingerprint density at radius 1 is 0.929 bits per heavy atom. The number of ether oxygens (including phenoxy) is 2. The van der Waals surface area contributed by atoms with Gasteiger partial charge in [0.15, 0.2) is 11.5 Å². The van der Waals surface area contributed by atoms with E-state index in [1.54, 1.807) is 14.2 Å². The fraction of sp³-hybridized carbons (Fsp3) is 0.136. The van der Waals surface area contributed by atoms with Crippen LogP contribution < -0.4 is 14.8 Å². The van der Waals surface area contributed by atoms with Crippen LogP contribution in [0.5, 0.6) is 11.5 Å². The second kappa shape index (κ2) is 7.44. The molecule has 142 valence electrons. The van der Waals surface area contributed by atoms with Crippen molar-refractivity contribution in [1.82, 2.24) is 9.38 Å². The molecule has 0 aliphatic heterocycles. The molecule has 5 nitrogen and oxygen atoms in total. The largest absolute Gasteiger partial charge is 0.493 e. The Labute approximate surface area is 168 Å². The molecule has 0 spiro atoms. The first-order valence-corrected chi connectivity index (χ1v) is 9.21. The van der Waals surface area contributed by atoms with Crippen LogP contribution in [0.25, 0.3) is 16.9 Å². The molecule has 2 aromatic carbocycles. The first-order valence-electron chi connectivity index (χ1n) is 8.84. The number of nitrogens with one attached hydrogen (secondary N) is 1. The number of hydrogen-bond donors (Lipinski definition) is 1. The lowest BCUT2D eigenvalue weighted by Crippen LogP contribution is -1.99. The summed E-state index contributed by atoms with van der Waals surface area (Å²) in [7, 11) is 3.25. The molecule has 0 amide bonds. The fourth-order valence-corrected chi connectivity index (χ4v) is 3.45. The third-order valence-electron chi connectivity index (χ3n) is 4.58. The summed E-state index contributed by atoms with van der Waals surface area (Å²) >= 11 is 6.17. The van der Waals surface area contributed by atoms with Gasteiger partial charge in [0.2, 0.25) is 0 Å². The first-order chi connectivity index (χ1) is 13.6. The van der Waals surface area contributed by atoms with Crippen molar-refractivity contribution in [2.45, 2.75) is 6.92 Å². The molecule has 6 heteroatoms. The molecule has 0 fully saturated rings. The molecule has 1 N–H and O–H groups in total. The molecule has 4 aromatic rings. The minimum Gasteiger partial charge on any atom is -0.493 e. The number of benzene rings is 2. The van der Waals surface area contributed by atoms with Crippen LogP contribution in [0.15, 0.2) is 60.7 Å². The van der Waals surface area contributed by atoms with Crippen LogP contribution in [0, 0.1) is 6.92 Å². The highest BCUT2D eigenvalue weighted by Gasteiger charge is 2.17. The summed E-state index contributed by atoms with van der Waals surface area (Å²) in [5, 5.41) is 4.16. The zero-order valence-electron chi connectivity index (χ0n) is 15.9. The Morgan fingerprint density at radius 3 is 2.46 bits per heavy atom. The maximum atomic E-state index is 6.17. The topological polar surface area (TPSA) is 47.8 Å². The molecule has 0 radical (unpaired) electrons. The number of pyridine rings is 1. The van der Waals surface area contributed by atoms with E-state index in [0.717, 1.165) is 34.1 Å². The lowest BCUT2D eigenvalue weighted by Gasteiger charge is -2.12. The Balaban J connectivity index is 1.92. The zero-order chi connectivity index (χ0) is 19.7.